The van der Waals surface area contributed by atoms with Crippen LogP contribution < -0.4 is 10.4 Å². The molecule has 2 atom stereocenters. The van der Waals surface area contributed by atoms with Gasteiger partial charge in [0.05, 0.1) is 18.6 Å². The van der Waals surface area contributed by atoms with Crippen molar-refractivity contribution in [1.82, 2.24) is 10.5 Å². The molecule has 5 rings (SSSR count). The summed E-state index contributed by atoms with van der Waals surface area (Å²) in [6, 6.07) is 23.1. The molecule has 0 aliphatic carbocycles. The highest BCUT2D eigenvalue weighted by Crippen LogP contribution is 2.48. The third-order valence-corrected chi connectivity index (χ3v) is 6.71. The number of aromatic nitrogens is 1. The topological polar surface area (TPSA) is 91.8 Å². The van der Waals surface area contributed by atoms with Crippen molar-refractivity contribution in [3.8, 4) is 5.75 Å². The average molecular weight is 534 g/mol. The molecule has 3 aromatic carbocycles. The number of halogens is 2. The van der Waals surface area contributed by atoms with Gasteiger partial charge in [-0.15, -0.1) is 0 Å². The molecule has 9 heteroatoms. The molecule has 0 radical (unpaired) electrons. The maximum absolute atomic E-state index is 13.8. The molecule has 0 spiro atoms. The van der Waals surface area contributed by atoms with Crippen molar-refractivity contribution in [1.29, 1.82) is 0 Å². The van der Waals surface area contributed by atoms with E-state index < -0.39 is 23.8 Å². The van der Waals surface area contributed by atoms with Gasteiger partial charge in [0.2, 0.25) is 0 Å². The van der Waals surface area contributed by atoms with Crippen molar-refractivity contribution in [2.45, 2.75) is 18.6 Å². The van der Waals surface area contributed by atoms with Crippen molar-refractivity contribution in [3.05, 3.63) is 123 Å². The van der Waals surface area contributed by atoms with E-state index in [4.69, 9.17) is 28.0 Å². The first-order chi connectivity index (χ1) is 18.0. The van der Waals surface area contributed by atoms with Crippen molar-refractivity contribution < 1.29 is 19.5 Å². The maximum Gasteiger partial charge on any atom is 0.260 e. The fraction of sp³-hybridized carbons (Fsp3) is 0.107. The normalized spacial score (nSPS) is 16.8. The van der Waals surface area contributed by atoms with Crippen molar-refractivity contribution in [2.75, 3.05) is 4.90 Å². The number of hydrogen-bond acceptors (Lipinski definition) is 5. The van der Waals surface area contributed by atoms with Crippen molar-refractivity contribution in [2.24, 2.45) is 0 Å². The molecule has 2 amide bonds. The molecule has 1 aromatic heterocycles. The van der Waals surface area contributed by atoms with Crippen LogP contribution in [0.15, 0.2) is 91.1 Å². The van der Waals surface area contributed by atoms with Crippen LogP contribution in [0.2, 0.25) is 10.0 Å². The number of fused-ring (bicyclic) bond motifs is 1. The number of nitrogens with one attached hydrogen (secondary N) is 1. The number of pyridine rings is 1. The van der Waals surface area contributed by atoms with Gasteiger partial charge in [-0.05, 0) is 47.0 Å². The highest BCUT2D eigenvalue weighted by molar-refractivity contribution is 6.35. The molecule has 2 heterocycles. The van der Waals surface area contributed by atoms with Gasteiger partial charge in [0.1, 0.15) is 0 Å². The Bertz CT molecular complexity index is 1470. The summed E-state index contributed by atoms with van der Waals surface area (Å²) in [6.45, 7) is 0.150. The smallest absolute Gasteiger partial charge is 0.260 e. The molecule has 0 fully saturated rings. The maximum atomic E-state index is 13.8. The first-order valence-corrected chi connectivity index (χ1v) is 12.2. The molecule has 0 unspecified atom stereocenters. The van der Waals surface area contributed by atoms with Crippen LogP contribution in [0.4, 0.5) is 5.82 Å². The number of anilines is 1. The van der Waals surface area contributed by atoms with Crippen molar-refractivity contribution in [3.63, 3.8) is 0 Å². The minimum atomic E-state index is -0.965. The molecule has 37 heavy (non-hydrogen) atoms. The van der Waals surface area contributed by atoms with Crippen LogP contribution in [0, 0.1) is 0 Å². The molecular weight excluding hydrogens is 513 g/mol. The zero-order chi connectivity index (χ0) is 25.9. The molecule has 186 valence electrons. The van der Waals surface area contributed by atoms with Gasteiger partial charge in [-0.3, -0.25) is 19.3 Å². The zero-order valence-corrected chi connectivity index (χ0v) is 20.9. The van der Waals surface area contributed by atoms with Crippen LogP contribution in [0.5, 0.6) is 5.75 Å². The van der Waals surface area contributed by atoms with Gasteiger partial charge in [-0.1, -0.05) is 77.8 Å². The molecule has 7 nitrogen and oxygen atoms in total. The Morgan fingerprint density at radius 3 is 2.49 bits per heavy atom. The number of carbonyl (C=O) groups excluding carboxylic acids is 2. The molecular formula is C28H21Cl2N3O4. The lowest BCUT2D eigenvalue weighted by Gasteiger charge is -2.41. The number of rotatable bonds is 6. The number of benzene rings is 3. The number of hydroxylamine groups is 1. The summed E-state index contributed by atoms with van der Waals surface area (Å²) < 4.78 is 0. The Morgan fingerprint density at radius 1 is 0.973 bits per heavy atom. The van der Waals surface area contributed by atoms with E-state index >= 15 is 0 Å². The van der Waals surface area contributed by atoms with E-state index in [0.29, 0.717) is 21.7 Å². The number of hydrogen-bond donors (Lipinski definition) is 2. The second kappa shape index (κ2) is 10.6. The van der Waals surface area contributed by atoms with E-state index in [1.165, 1.54) is 17.2 Å². The van der Waals surface area contributed by atoms with Crippen LogP contribution in [0.25, 0.3) is 0 Å². The highest BCUT2D eigenvalue weighted by Gasteiger charge is 2.46. The number of aromatic hydroxyl groups is 1. The summed E-state index contributed by atoms with van der Waals surface area (Å²) in [5.74, 6) is -2.10. The summed E-state index contributed by atoms with van der Waals surface area (Å²) >= 11 is 12.8. The third kappa shape index (κ3) is 4.89. The van der Waals surface area contributed by atoms with Gasteiger partial charge in [0.15, 0.2) is 11.6 Å². The Morgan fingerprint density at radius 2 is 1.73 bits per heavy atom. The summed E-state index contributed by atoms with van der Waals surface area (Å²) in [4.78, 5) is 38.7. The minimum absolute atomic E-state index is 0.000948. The standard InChI is InChI=1S/C28H21Cl2N3O4/c29-18-12-13-21(22(30)15-18)25-24(27(35)32-37-16-17-7-2-1-3-8-17)19-9-4-5-10-20(19)28(36)33(25)26-23(34)11-6-14-31-26/h1-15,24-25,34H,16H2,(H,32,35)/t24-,25+/m1/s1. The lowest BCUT2D eigenvalue weighted by Crippen LogP contribution is -2.48. The molecule has 0 saturated carbocycles. The van der Waals surface area contributed by atoms with Gasteiger partial charge in [-0.2, -0.15) is 0 Å². The van der Waals surface area contributed by atoms with Gasteiger partial charge >= 0.3 is 0 Å². The van der Waals surface area contributed by atoms with Crippen LogP contribution >= 0.6 is 23.2 Å². The van der Waals surface area contributed by atoms with E-state index in [1.54, 1.807) is 48.5 Å². The molecule has 0 bridgehead atoms. The quantitative estimate of drug-likeness (QED) is 0.304. The average Bonchev–Trinajstić information content (AvgIpc) is 2.90. The van der Waals surface area contributed by atoms with E-state index in [2.05, 4.69) is 10.5 Å². The monoisotopic (exact) mass is 533 g/mol. The Balaban J connectivity index is 1.62. The molecule has 4 aromatic rings. The largest absolute Gasteiger partial charge is 0.504 e. The Labute approximate surface area is 223 Å². The van der Waals surface area contributed by atoms with Gasteiger partial charge in [0.25, 0.3) is 11.8 Å². The molecule has 0 saturated heterocycles. The second-order valence-corrected chi connectivity index (χ2v) is 9.28. The SMILES string of the molecule is O=C(NOCc1ccccc1)[C@@H]1c2ccccc2C(=O)N(c2ncccc2O)[C@H]1c1ccc(Cl)cc1Cl. The first kappa shape index (κ1) is 24.8. The van der Waals surface area contributed by atoms with Crippen LogP contribution in [-0.4, -0.2) is 21.9 Å². The Kier molecular flexibility index (Phi) is 7.10. The fourth-order valence-corrected chi connectivity index (χ4v) is 5.03. The third-order valence-electron chi connectivity index (χ3n) is 6.15. The zero-order valence-electron chi connectivity index (χ0n) is 19.3. The first-order valence-electron chi connectivity index (χ1n) is 11.4. The lowest BCUT2D eigenvalue weighted by atomic mass is 9.79. The van der Waals surface area contributed by atoms with Gasteiger partial charge in [0, 0.05) is 21.8 Å². The summed E-state index contributed by atoms with van der Waals surface area (Å²) in [5.41, 5.74) is 4.68. The number of amides is 2. The predicted molar refractivity (Wildman–Crippen MR) is 140 cm³/mol. The van der Waals surface area contributed by atoms with Crippen LogP contribution in [-0.2, 0) is 16.2 Å². The summed E-state index contributed by atoms with van der Waals surface area (Å²) in [6.07, 6.45) is 1.46. The lowest BCUT2D eigenvalue weighted by molar-refractivity contribution is -0.136. The minimum Gasteiger partial charge on any atom is -0.504 e. The van der Waals surface area contributed by atoms with Crippen LogP contribution in [0.3, 0.4) is 0 Å². The van der Waals surface area contributed by atoms with Crippen molar-refractivity contribution >= 4 is 40.8 Å². The van der Waals surface area contributed by atoms with E-state index in [1.807, 2.05) is 30.3 Å². The Hall–Kier alpha value is -3.91. The van der Waals surface area contributed by atoms with Gasteiger partial charge < -0.3 is 5.11 Å². The highest BCUT2D eigenvalue weighted by atomic mass is 35.5. The van der Waals surface area contributed by atoms with E-state index in [9.17, 15) is 14.7 Å². The fourth-order valence-electron chi connectivity index (χ4n) is 4.51. The van der Waals surface area contributed by atoms with E-state index in [-0.39, 0.29) is 23.2 Å². The number of carbonyl (C=O) groups is 2. The molecule has 2 N–H and O–H groups in total. The van der Waals surface area contributed by atoms with Crippen LogP contribution in [0.1, 0.15) is 39.0 Å². The van der Waals surface area contributed by atoms with Gasteiger partial charge in [-0.25, -0.2) is 10.5 Å². The molecule has 1 aliphatic heterocycles. The summed E-state index contributed by atoms with van der Waals surface area (Å²) in [7, 11) is 0. The summed E-state index contributed by atoms with van der Waals surface area (Å²) in [5, 5.41) is 11.3. The number of nitrogens with zero attached hydrogens (tertiary/aromatic N) is 2. The van der Waals surface area contributed by atoms with E-state index in [0.717, 1.165) is 5.56 Å². The molecule has 1 aliphatic rings. The second-order valence-electron chi connectivity index (χ2n) is 8.44. The predicted octanol–water partition coefficient (Wildman–Crippen LogP) is 5.83.